The topological polar surface area (TPSA) is 64.1 Å². The van der Waals surface area contributed by atoms with Gasteiger partial charge in [0.25, 0.3) is 0 Å². The Bertz CT molecular complexity index is 414. The molecule has 0 aromatic heterocycles. The molecule has 0 saturated carbocycles. The van der Waals surface area contributed by atoms with Crippen molar-refractivity contribution in [3.8, 4) is 0 Å². The third-order valence-corrected chi connectivity index (χ3v) is 5.20. The van der Waals surface area contributed by atoms with Gasteiger partial charge in [0.2, 0.25) is 0 Å². The Balaban J connectivity index is 1.69. The molecular formula is C14H23N3O3. The third kappa shape index (κ3) is 2.26. The van der Waals surface area contributed by atoms with E-state index in [9.17, 15) is 14.7 Å². The first kappa shape index (κ1) is 13.7. The molecule has 3 aliphatic rings. The molecule has 2 bridgehead atoms. The molecule has 0 aliphatic carbocycles. The average Bonchev–Trinajstić information content (AvgIpc) is 2.95. The maximum absolute atomic E-state index is 12.6. The van der Waals surface area contributed by atoms with E-state index in [2.05, 4.69) is 11.9 Å². The van der Waals surface area contributed by atoms with E-state index >= 15 is 0 Å². The number of hydrogen-bond donors (Lipinski definition) is 1. The summed E-state index contributed by atoms with van der Waals surface area (Å²) in [7, 11) is 2.15. The molecule has 3 saturated heterocycles. The lowest BCUT2D eigenvalue weighted by atomic mass is 10.1. The van der Waals surface area contributed by atoms with Crippen molar-refractivity contribution in [1.82, 2.24) is 14.7 Å². The Labute approximate surface area is 119 Å². The number of carboxylic acids is 1. The Morgan fingerprint density at radius 2 is 1.80 bits per heavy atom. The van der Waals surface area contributed by atoms with E-state index in [1.165, 1.54) is 6.42 Å². The Morgan fingerprint density at radius 3 is 2.55 bits per heavy atom. The fourth-order valence-corrected chi connectivity index (χ4v) is 3.92. The minimum absolute atomic E-state index is 0.0733. The molecule has 0 radical (unpaired) electrons. The molecule has 3 unspecified atom stereocenters. The van der Waals surface area contributed by atoms with Gasteiger partial charge in [-0.25, -0.2) is 9.59 Å². The highest BCUT2D eigenvalue weighted by atomic mass is 16.4. The van der Waals surface area contributed by atoms with Crippen LogP contribution in [0.1, 0.15) is 32.1 Å². The molecule has 112 valence electrons. The smallest absolute Gasteiger partial charge is 0.326 e. The van der Waals surface area contributed by atoms with Gasteiger partial charge in [-0.1, -0.05) is 0 Å². The van der Waals surface area contributed by atoms with Crippen molar-refractivity contribution in [3.05, 3.63) is 0 Å². The van der Waals surface area contributed by atoms with E-state index in [4.69, 9.17) is 0 Å². The summed E-state index contributed by atoms with van der Waals surface area (Å²) in [5, 5.41) is 9.21. The monoisotopic (exact) mass is 281 g/mol. The van der Waals surface area contributed by atoms with Crippen LogP contribution in [0.25, 0.3) is 0 Å². The van der Waals surface area contributed by atoms with Gasteiger partial charge in [-0.05, 0) is 39.2 Å². The van der Waals surface area contributed by atoms with Gasteiger partial charge in [0.05, 0.1) is 0 Å². The number of aliphatic carboxylic acids is 1. The number of amides is 2. The van der Waals surface area contributed by atoms with Crippen molar-refractivity contribution in [3.63, 3.8) is 0 Å². The summed E-state index contributed by atoms with van der Waals surface area (Å²) < 4.78 is 0. The first-order chi connectivity index (χ1) is 9.58. The maximum atomic E-state index is 12.6. The number of carbonyl (C=O) groups is 2. The Hall–Kier alpha value is -1.30. The summed E-state index contributed by atoms with van der Waals surface area (Å²) in [6.07, 6.45) is 4.76. The number of fused-ring (bicyclic) bond motifs is 2. The van der Waals surface area contributed by atoms with E-state index in [0.29, 0.717) is 25.0 Å². The van der Waals surface area contributed by atoms with E-state index in [-0.39, 0.29) is 6.03 Å². The zero-order chi connectivity index (χ0) is 14.3. The van der Waals surface area contributed by atoms with Crippen LogP contribution in [0.4, 0.5) is 4.79 Å². The standard InChI is InChI=1S/C14H23N3O3/c1-15-10-4-5-11(15)9-16(8-6-10)14(20)17-7-2-3-12(17)13(18)19/h10-12H,2-9H2,1H3,(H,18,19). The quantitative estimate of drug-likeness (QED) is 0.773. The van der Waals surface area contributed by atoms with E-state index < -0.39 is 12.0 Å². The van der Waals surface area contributed by atoms with Crippen LogP contribution in [0.2, 0.25) is 0 Å². The SMILES string of the molecule is CN1C2CCC1CN(C(=O)N1CCCC1C(=O)O)CC2. The molecule has 2 amide bonds. The van der Waals surface area contributed by atoms with Crippen molar-refractivity contribution < 1.29 is 14.7 Å². The molecule has 0 spiro atoms. The highest BCUT2D eigenvalue weighted by molar-refractivity contribution is 5.83. The van der Waals surface area contributed by atoms with Gasteiger partial charge in [0.1, 0.15) is 6.04 Å². The van der Waals surface area contributed by atoms with Crippen molar-refractivity contribution in [2.75, 3.05) is 26.7 Å². The largest absolute Gasteiger partial charge is 0.480 e. The van der Waals surface area contributed by atoms with Crippen LogP contribution >= 0.6 is 0 Å². The molecule has 20 heavy (non-hydrogen) atoms. The first-order valence-corrected chi connectivity index (χ1v) is 7.58. The molecule has 3 atom stereocenters. The molecule has 3 rings (SSSR count). The van der Waals surface area contributed by atoms with Gasteiger partial charge in [-0.2, -0.15) is 0 Å². The van der Waals surface area contributed by atoms with E-state index in [0.717, 1.165) is 32.4 Å². The predicted molar refractivity (Wildman–Crippen MR) is 73.5 cm³/mol. The highest BCUT2D eigenvalue weighted by Gasteiger charge is 2.40. The number of carboxylic acid groups (broad SMARTS) is 1. The molecule has 0 aromatic rings. The van der Waals surface area contributed by atoms with Gasteiger partial charge >= 0.3 is 12.0 Å². The predicted octanol–water partition coefficient (Wildman–Crippen LogP) is 0.824. The lowest BCUT2D eigenvalue weighted by Crippen LogP contribution is -2.50. The van der Waals surface area contributed by atoms with E-state index in [1.807, 2.05) is 4.90 Å². The van der Waals surface area contributed by atoms with Gasteiger partial charge < -0.3 is 14.9 Å². The third-order valence-electron chi connectivity index (χ3n) is 5.20. The number of carbonyl (C=O) groups excluding carboxylic acids is 1. The second-order valence-electron chi connectivity index (χ2n) is 6.26. The number of likely N-dealkylation sites (tertiary alicyclic amines) is 2. The van der Waals surface area contributed by atoms with Crippen molar-refractivity contribution in [1.29, 1.82) is 0 Å². The van der Waals surface area contributed by atoms with Crippen LogP contribution < -0.4 is 0 Å². The van der Waals surface area contributed by atoms with Gasteiger partial charge in [-0.3, -0.25) is 4.90 Å². The van der Waals surface area contributed by atoms with Crippen LogP contribution in [-0.2, 0) is 4.79 Å². The lowest BCUT2D eigenvalue weighted by Gasteiger charge is -2.31. The van der Waals surface area contributed by atoms with Crippen molar-refractivity contribution >= 4 is 12.0 Å². The molecular weight excluding hydrogens is 258 g/mol. The zero-order valence-corrected chi connectivity index (χ0v) is 12.0. The van der Waals surface area contributed by atoms with Gasteiger partial charge in [0, 0.05) is 31.7 Å². The summed E-state index contributed by atoms with van der Waals surface area (Å²) >= 11 is 0. The fourth-order valence-electron chi connectivity index (χ4n) is 3.92. The van der Waals surface area contributed by atoms with E-state index in [1.54, 1.807) is 4.90 Å². The number of rotatable bonds is 1. The first-order valence-electron chi connectivity index (χ1n) is 7.58. The Morgan fingerprint density at radius 1 is 1.05 bits per heavy atom. The average molecular weight is 281 g/mol. The number of urea groups is 1. The van der Waals surface area contributed by atoms with Crippen LogP contribution in [0.5, 0.6) is 0 Å². The van der Waals surface area contributed by atoms with Gasteiger partial charge in [0.15, 0.2) is 0 Å². The maximum Gasteiger partial charge on any atom is 0.326 e. The molecule has 3 heterocycles. The normalized spacial score (nSPS) is 34.4. The van der Waals surface area contributed by atoms with Crippen molar-refractivity contribution in [2.24, 2.45) is 0 Å². The van der Waals surface area contributed by atoms with Crippen LogP contribution in [0, 0.1) is 0 Å². The van der Waals surface area contributed by atoms with Crippen molar-refractivity contribution in [2.45, 2.75) is 50.2 Å². The second kappa shape index (κ2) is 5.24. The minimum Gasteiger partial charge on any atom is -0.480 e. The molecule has 1 N–H and O–H groups in total. The summed E-state index contributed by atoms with van der Waals surface area (Å²) in [6.45, 7) is 2.08. The number of hydrogen-bond acceptors (Lipinski definition) is 3. The van der Waals surface area contributed by atoms with Crippen LogP contribution in [0.15, 0.2) is 0 Å². The summed E-state index contributed by atoms with van der Waals surface area (Å²) in [6, 6.07) is 0.334. The second-order valence-corrected chi connectivity index (χ2v) is 6.26. The number of nitrogens with zero attached hydrogens (tertiary/aromatic N) is 3. The highest BCUT2D eigenvalue weighted by Crippen LogP contribution is 2.29. The summed E-state index contributed by atoms with van der Waals surface area (Å²) in [5.41, 5.74) is 0. The molecule has 3 aliphatic heterocycles. The van der Waals surface area contributed by atoms with Crippen LogP contribution in [-0.4, -0.2) is 76.6 Å². The minimum atomic E-state index is -0.871. The van der Waals surface area contributed by atoms with Gasteiger partial charge in [-0.15, -0.1) is 0 Å². The molecule has 6 heteroatoms. The summed E-state index contributed by atoms with van der Waals surface area (Å²) in [4.78, 5) is 29.7. The molecule has 6 nitrogen and oxygen atoms in total. The summed E-state index contributed by atoms with van der Waals surface area (Å²) in [5.74, 6) is -0.871. The Kier molecular flexibility index (Phi) is 3.58. The van der Waals surface area contributed by atoms with Crippen LogP contribution in [0.3, 0.4) is 0 Å². The molecule has 0 aromatic carbocycles. The lowest BCUT2D eigenvalue weighted by molar-refractivity contribution is -0.141. The fraction of sp³-hybridized carbons (Fsp3) is 0.857. The molecule has 3 fully saturated rings. The zero-order valence-electron chi connectivity index (χ0n) is 12.0. The number of likely N-dealkylation sites (N-methyl/N-ethyl adjacent to an activating group) is 1.